The minimum Gasteiger partial charge on any atom is -0.384 e. The van der Waals surface area contributed by atoms with Crippen molar-refractivity contribution in [3.63, 3.8) is 0 Å². The molecule has 1 N–H and O–H groups in total. The van der Waals surface area contributed by atoms with E-state index in [9.17, 15) is 8.42 Å². The maximum Gasteiger partial charge on any atom is 0.216 e. The van der Waals surface area contributed by atoms with Crippen LogP contribution in [0.1, 0.15) is 6.42 Å². The van der Waals surface area contributed by atoms with Crippen molar-refractivity contribution in [3.8, 4) is 0 Å². The van der Waals surface area contributed by atoms with E-state index in [1.54, 1.807) is 4.31 Å². The second-order valence-electron chi connectivity index (χ2n) is 4.19. The summed E-state index contributed by atoms with van der Waals surface area (Å²) >= 11 is 0. The predicted molar refractivity (Wildman–Crippen MR) is 57.1 cm³/mol. The van der Waals surface area contributed by atoms with Crippen LogP contribution < -0.4 is 5.32 Å². The first-order chi connectivity index (χ1) is 7.15. The zero-order valence-corrected chi connectivity index (χ0v) is 9.79. The van der Waals surface area contributed by atoms with Gasteiger partial charge in [-0.2, -0.15) is 4.31 Å². The quantitative estimate of drug-likeness (QED) is 0.696. The number of hydrogen-bond donors (Lipinski definition) is 1. The Labute approximate surface area is 90.8 Å². The molecule has 0 amide bonds. The molecule has 6 heteroatoms. The number of fused-ring (bicyclic) bond motifs is 1. The second-order valence-corrected chi connectivity index (χ2v) is 6.23. The average Bonchev–Trinajstić information content (AvgIpc) is 2.74. The smallest absolute Gasteiger partial charge is 0.216 e. The van der Waals surface area contributed by atoms with Gasteiger partial charge in [0.1, 0.15) is 0 Å². The Morgan fingerprint density at radius 1 is 1.47 bits per heavy atom. The largest absolute Gasteiger partial charge is 0.384 e. The molecule has 0 saturated carbocycles. The summed E-state index contributed by atoms with van der Waals surface area (Å²) in [6.07, 6.45) is 0.990. The molecular weight excluding hydrogens is 216 g/mol. The number of ether oxygens (including phenoxy) is 1. The zero-order valence-electron chi connectivity index (χ0n) is 8.98. The highest BCUT2D eigenvalue weighted by Gasteiger charge is 2.42. The van der Waals surface area contributed by atoms with Crippen molar-refractivity contribution in [1.82, 2.24) is 9.62 Å². The first-order valence-electron chi connectivity index (χ1n) is 5.34. The van der Waals surface area contributed by atoms with Gasteiger partial charge in [0.25, 0.3) is 0 Å². The van der Waals surface area contributed by atoms with Crippen LogP contribution in [0.3, 0.4) is 0 Å². The summed E-state index contributed by atoms with van der Waals surface area (Å²) in [5.74, 6) is 0.620. The van der Waals surface area contributed by atoms with Crippen LogP contribution in [0, 0.1) is 5.92 Å². The van der Waals surface area contributed by atoms with E-state index in [2.05, 4.69) is 5.32 Å². The predicted octanol–water partition coefficient (Wildman–Crippen LogP) is -0.744. The lowest BCUT2D eigenvalue weighted by Gasteiger charge is -2.22. The topological polar surface area (TPSA) is 58.6 Å². The van der Waals surface area contributed by atoms with E-state index in [0.717, 1.165) is 19.5 Å². The minimum atomic E-state index is -3.11. The summed E-state index contributed by atoms with van der Waals surface area (Å²) in [7, 11) is -1.58. The summed E-state index contributed by atoms with van der Waals surface area (Å²) in [6.45, 7) is 2.73. The van der Waals surface area contributed by atoms with Crippen molar-refractivity contribution >= 4 is 10.0 Å². The number of hydrogen-bond acceptors (Lipinski definition) is 4. The van der Waals surface area contributed by atoms with E-state index in [4.69, 9.17) is 4.74 Å². The zero-order chi connectivity index (χ0) is 10.9. The van der Waals surface area contributed by atoms with Gasteiger partial charge < -0.3 is 10.1 Å². The van der Waals surface area contributed by atoms with Crippen LogP contribution >= 0.6 is 0 Å². The van der Waals surface area contributed by atoms with Gasteiger partial charge >= 0.3 is 0 Å². The van der Waals surface area contributed by atoms with Crippen LogP contribution in [-0.2, 0) is 14.8 Å². The molecule has 2 rings (SSSR count). The van der Waals surface area contributed by atoms with E-state index in [1.165, 1.54) is 7.11 Å². The fourth-order valence-corrected chi connectivity index (χ4v) is 4.12. The van der Waals surface area contributed by atoms with E-state index in [1.807, 2.05) is 0 Å². The Hall–Kier alpha value is -0.170. The molecule has 2 heterocycles. The summed E-state index contributed by atoms with van der Waals surface area (Å²) in [4.78, 5) is 0. The number of sulfonamides is 1. The maximum absolute atomic E-state index is 12.0. The molecule has 0 aliphatic carbocycles. The van der Waals surface area contributed by atoms with Crippen molar-refractivity contribution in [3.05, 3.63) is 0 Å². The normalized spacial score (nSPS) is 32.1. The Morgan fingerprint density at radius 3 is 3.00 bits per heavy atom. The SMILES string of the molecule is COCCS(=O)(=O)N1CCC2CNCC21. The summed E-state index contributed by atoms with van der Waals surface area (Å²) in [5.41, 5.74) is 0. The fraction of sp³-hybridized carbons (Fsp3) is 1.00. The summed E-state index contributed by atoms with van der Waals surface area (Å²) in [5, 5.41) is 3.25. The van der Waals surface area contributed by atoms with Crippen molar-refractivity contribution in [1.29, 1.82) is 0 Å². The maximum atomic E-state index is 12.0. The third-order valence-corrected chi connectivity index (χ3v) is 5.15. The molecule has 5 nitrogen and oxygen atoms in total. The molecule has 15 heavy (non-hydrogen) atoms. The lowest BCUT2D eigenvalue weighted by atomic mass is 10.1. The van der Waals surface area contributed by atoms with Crippen molar-refractivity contribution in [2.24, 2.45) is 5.92 Å². The van der Waals surface area contributed by atoms with Gasteiger partial charge in [0, 0.05) is 26.2 Å². The van der Waals surface area contributed by atoms with Gasteiger partial charge in [-0.15, -0.1) is 0 Å². The van der Waals surface area contributed by atoms with Crippen molar-refractivity contribution in [2.45, 2.75) is 12.5 Å². The van der Waals surface area contributed by atoms with Gasteiger partial charge in [-0.05, 0) is 18.9 Å². The number of nitrogens with one attached hydrogen (secondary N) is 1. The monoisotopic (exact) mass is 234 g/mol. The van der Waals surface area contributed by atoms with Crippen LogP contribution in [0.5, 0.6) is 0 Å². The molecule has 0 bridgehead atoms. The molecule has 0 spiro atoms. The highest BCUT2D eigenvalue weighted by atomic mass is 32.2. The van der Waals surface area contributed by atoms with Crippen LogP contribution in [0.15, 0.2) is 0 Å². The molecule has 2 aliphatic heterocycles. The number of methoxy groups -OCH3 is 1. The number of rotatable bonds is 4. The third-order valence-electron chi connectivity index (χ3n) is 3.30. The molecule has 0 aromatic heterocycles. The third kappa shape index (κ3) is 2.18. The molecule has 2 atom stereocenters. The van der Waals surface area contributed by atoms with Gasteiger partial charge in [-0.1, -0.05) is 0 Å². The molecule has 2 fully saturated rings. The van der Waals surface area contributed by atoms with Gasteiger partial charge in [-0.25, -0.2) is 8.42 Å². The van der Waals surface area contributed by atoms with E-state index < -0.39 is 10.0 Å². The van der Waals surface area contributed by atoms with E-state index in [-0.39, 0.29) is 18.4 Å². The minimum absolute atomic E-state index is 0.104. The van der Waals surface area contributed by atoms with Crippen LogP contribution in [-0.4, -0.2) is 57.9 Å². The molecule has 0 radical (unpaired) electrons. The fourth-order valence-electron chi connectivity index (χ4n) is 2.46. The Kier molecular flexibility index (Phi) is 3.30. The molecular formula is C9H18N2O3S. The highest BCUT2D eigenvalue weighted by Crippen LogP contribution is 2.29. The standard InChI is InChI=1S/C9H18N2O3S/c1-14-4-5-15(12,13)11-3-2-8-6-10-7-9(8)11/h8-10H,2-7H2,1H3. The first kappa shape index (κ1) is 11.3. The molecule has 2 aliphatic rings. The summed E-state index contributed by atoms with van der Waals surface area (Å²) in [6, 6.07) is 0.187. The highest BCUT2D eigenvalue weighted by molar-refractivity contribution is 7.89. The average molecular weight is 234 g/mol. The van der Waals surface area contributed by atoms with Crippen LogP contribution in [0.4, 0.5) is 0 Å². The summed E-state index contributed by atoms with van der Waals surface area (Å²) < 4.78 is 30.4. The molecule has 88 valence electrons. The lowest BCUT2D eigenvalue weighted by Crippen LogP contribution is -2.41. The van der Waals surface area contributed by atoms with Crippen molar-refractivity contribution < 1.29 is 13.2 Å². The second kappa shape index (κ2) is 4.37. The molecule has 2 saturated heterocycles. The van der Waals surface area contributed by atoms with Gasteiger partial charge in [0.2, 0.25) is 10.0 Å². The van der Waals surface area contributed by atoms with Gasteiger partial charge in [0.15, 0.2) is 0 Å². The molecule has 0 aromatic rings. The van der Waals surface area contributed by atoms with Crippen LogP contribution in [0.2, 0.25) is 0 Å². The Morgan fingerprint density at radius 2 is 2.27 bits per heavy atom. The molecule has 2 unspecified atom stereocenters. The van der Waals surface area contributed by atoms with E-state index in [0.29, 0.717) is 12.5 Å². The van der Waals surface area contributed by atoms with Crippen LogP contribution in [0.25, 0.3) is 0 Å². The van der Waals surface area contributed by atoms with Crippen molar-refractivity contribution in [2.75, 3.05) is 39.1 Å². The molecule has 0 aromatic carbocycles. The van der Waals surface area contributed by atoms with Gasteiger partial charge in [-0.3, -0.25) is 0 Å². The van der Waals surface area contributed by atoms with E-state index >= 15 is 0 Å². The first-order valence-corrected chi connectivity index (χ1v) is 6.95. The Bertz CT molecular complexity index is 317. The van der Waals surface area contributed by atoms with Gasteiger partial charge in [0.05, 0.1) is 12.4 Å². The number of nitrogens with zero attached hydrogens (tertiary/aromatic N) is 1. The Balaban J connectivity index is 2.04. The lowest BCUT2D eigenvalue weighted by molar-refractivity contribution is 0.215.